The van der Waals surface area contributed by atoms with Gasteiger partial charge in [0.25, 0.3) is 5.91 Å². The van der Waals surface area contributed by atoms with Gasteiger partial charge in [-0.1, -0.05) is 0 Å². The number of amides is 1. The van der Waals surface area contributed by atoms with Crippen molar-refractivity contribution in [3.05, 3.63) is 42.0 Å². The fraction of sp³-hybridized carbons (Fsp3) is 0.375. The SMILES string of the molecule is CC1CN(c2cnccc2C#N)CCN1C(=O)c1cnn(C)c1. The molecule has 0 radical (unpaired) electrons. The number of carbonyl (C=O) groups is 1. The Kier molecular flexibility index (Phi) is 3.98. The van der Waals surface area contributed by atoms with Crippen LogP contribution in [0, 0.1) is 11.3 Å². The van der Waals surface area contributed by atoms with Gasteiger partial charge in [-0.15, -0.1) is 0 Å². The van der Waals surface area contributed by atoms with Gasteiger partial charge in [-0.05, 0) is 13.0 Å². The zero-order valence-electron chi connectivity index (χ0n) is 13.2. The number of aromatic nitrogens is 3. The predicted octanol–water partition coefficient (Wildman–Crippen LogP) is 1.04. The van der Waals surface area contributed by atoms with E-state index in [2.05, 4.69) is 21.1 Å². The van der Waals surface area contributed by atoms with Gasteiger partial charge in [0.15, 0.2) is 0 Å². The maximum absolute atomic E-state index is 12.6. The molecule has 1 saturated heterocycles. The van der Waals surface area contributed by atoms with Crippen LogP contribution in [0.15, 0.2) is 30.9 Å². The molecule has 1 fully saturated rings. The molecule has 0 saturated carbocycles. The van der Waals surface area contributed by atoms with Gasteiger partial charge in [0, 0.05) is 45.1 Å². The Labute approximate surface area is 134 Å². The molecule has 2 aromatic heterocycles. The van der Waals surface area contributed by atoms with Crippen molar-refractivity contribution in [2.24, 2.45) is 7.05 Å². The molecule has 0 aliphatic carbocycles. The second-order valence-electron chi connectivity index (χ2n) is 5.70. The summed E-state index contributed by atoms with van der Waals surface area (Å²) >= 11 is 0. The topological polar surface area (TPSA) is 78.1 Å². The molecule has 7 nitrogen and oxygen atoms in total. The van der Waals surface area contributed by atoms with Crippen LogP contribution in [-0.2, 0) is 7.05 Å². The van der Waals surface area contributed by atoms with Crippen molar-refractivity contribution in [3.63, 3.8) is 0 Å². The van der Waals surface area contributed by atoms with Crippen LogP contribution in [0.4, 0.5) is 5.69 Å². The van der Waals surface area contributed by atoms with Gasteiger partial charge in [-0.25, -0.2) is 0 Å². The van der Waals surface area contributed by atoms with E-state index in [9.17, 15) is 10.1 Å². The van der Waals surface area contributed by atoms with E-state index in [0.717, 1.165) is 5.69 Å². The van der Waals surface area contributed by atoms with Crippen molar-refractivity contribution in [2.45, 2.75) is 13.0 Å². The average Bonchev–Trinajstić information content (AvgIpc) is 3.00. The van der Waals surface area contributed by atoms with Gasteiger partial charge < -0.3 is 9.80 Å². The summed E-state index contributed by atoms with van der Waals surface area (Å²) in [6.07, 6.45) is 6.66. The quantitative estimate of drug-likeness (QED) is 0.828. The maximum Gasteiger partial charge on any atom is 0.257 e. The number of hydrogen-bond donors (Lipinski definition) is 0. The molecule has 0 spiro atoms. The molecular formula is C16H18N6O. The third-order valence-electron chi connectivity index (χ3n) is 4.10. The number of nitriles is 1. The predicted molar refractivity (Wildman–Crippen MR) is 84.9 cm³/mol. The number of hydrogen-bond acceptors (Lipinski definition) is 5. The van der Waals surface area contributed by atoms with Crippen molar-refractivity contribution in [3.8, 4) is 6.07 Å². The molecule has 0 bridgehead atoms. The maximum atomic E-state index is 12.6. The monoisotopic (exact) mass is 310 g/mol. The minimum Gasteiger partial charge on any atom is -0.365 e. The number of piperazine rings is 1. The van der Waals surface area contributed by atoms with Gasteiger partial charge in [-0.2, -0.15) is 10.4 Å². The summed E-state index contributed by atoms with van der Waals surface area (Å²) in [7, 11) is 1.80. The molecule has 1 atom stereocenters. The molecule has 1 amide bonds. The molecule has 23 heavy (non-hydrogen) atoms. The van der Waals surface area contributed by atoms with Crippen LogP contribution in [0.5, 0.6) is 0 Å². The second kappa shape index (κ2) is 6.08. The van der Waals surface area contributed by atoms with E-state index in [1.807, 2.05) is 11.8 Å². The van der Waals surface area contributed by atoms with Gasteiger partial charge in [-0.3, -0.25) is 14.5 Å². The molecule has 2 aromatic rings. The highest BCUT2D eigenvalue weighted by molar-refractivity contribution is 5.94. The number of carbonyl (C=O) groups excluding carboxylic acids is 1. The summed E-state index contributed by atoms with van der Waals surface area (Å²) in [5.41, 5.74) is 2.04. The highest BCUT2D eigenvalue weighted by atomic mass is 16.2. The number of aryl methyl sites for hydroxylation is 1. The number of anilines is 1. The van der Waals surface area contributed by atoms with Crippen LogP contribution in [0.2, 0.25) is 0 Å². The van der Waals surface area contributed by atoms with Gasteiger partial charge in [0.1, 0.15) is 6.07 Å². The Hall–Kier alpha value is -2.88. The minimum absolute atomic E-state index is 0.00283. The number of rotatable bonds is 2. The zero-order valence-corrected chi connectivity index (χ0v) is 13.2. The molecule has 1 aliphatic rings. The Morgan fingerprint density at radius 1 is 1.39 bits per heavy atom. The van der Waals surface area contributed by atoms with Crippen molar-refractivity contribution in [2.75, 3.05) is 24.5 Å². The van der Waals surface area contributed by atoms with Gasteiger partial charge in [0.2, 0.25) is 0 Å². The van der Waals surface area contributed by atoms with E-state index < -0.39 is 0 Å². The van der Waals surface area contributed by atoms with Crippen molar-refractivity contribution >= 4 is 11.6 Å². The van der Waals surface area contributed by atoms with E-state index in [-0.39, 0.29) is 11.9 Å². The number of nitrogens with zero attached hydrogens (tertiary/aromatic N) is 6. The lowest BCUT2D eigenvalue weighted by Crippen LogP contribution is -2.54. The van der Waals surface area contributed by atoms with Gasteiger partial charge >= 0.3 is 0 Å². The number of pyridine rings is 1. The largest absolute Gasteiger partial charge is 0.365 e. The van der Waals surface area contributed by atoms with Crippen LogP contribution in [0.3, 0.4) is 0 Å². The van der Waals surface area contributed by atoms with E-state index in [1.165, 1.54) is 0 Å². The molecule has 118 valence electrons. The lowest BCUT2D eigenvalue weighted by Gasteiger charge is -2.40. The fourth-order valence-electron chi connectivity index (χ4n) is 2.91. The normalized spacial score (nSPS) is 17.9. The van der Waals surface area contributed by atoms with Crippen LogP contribution >= 0.6 is 0 Å². The summed E-state index contributed by atoms with van der Waals surface area (Å²) in [6.45, 7) is 3.97. The van der Waals surface area contributed by atoms with Crippen LogP contribution < -0.4 is 4.90 Å². The van der Waals surface area contributed by atoms with Crippen molar-refractivity contribution < 1.29 is 4.79 Å². The lowest BCUT2D eigenvalue weighted by molar-refractivity contribution is 0.0674. The van der Waals surface area contributed by atoms with E-state index in [4.69, 9.17) is 0 Å². The summed E-state index contributed by atoms with van der Waals surface area (Å²) < 4.78 is 1.63. The van der Waals surface area contributed by atoms with E-state index in [1.54, 1.807) is 42.6 Å². The Bertz CT molecular complexity index is 762. The van der Waals surface area contributed by atoms with E-state index in [0.29, 0.717) is 30.8 Å². The first-order valence-corrected chi connectivity index (χ1v) is 7.49. The zero-order chi connectivity index (χ0) is 16.4. The van der Waals surface area contributed by atoms with Crippen molar-refractivity contribution in [1.82, 2.24) is 19.7 Å². The average molecular weight is 310 g/mol. The van der Waals surface area contributed by atoms with Crippen LogP contribution in [-0.4, -0.2) is 51.2 Å². The lowest BCUT2D eigenvalue weighted by atomic mass is 10.1. The fourth-order valence-corrected chi connectivity index (χ4v) is 2.91. The summed E-state index contributed by atoms with van der Waals surface area (Å²) in [6, 6.07) is 3.96. The highest BCUT2D eigenvalue weighted by Gasteiger charge is 2.29. The van der Waals surface area contributed by atoms with Gasteiger partial charge in [0.05, 0.1) is 29.2 Å². The Balaban J connectivity index is 1.75. The Morgan fingerprint density at radius 3 is 2.87 bits per heavy atom. The highest BCUT2D eigenvalue weighted by Crippen LogP contribution is 2.23. The third-order valence-corrected chi connectivity index (χ3v) is 4.10. The minimum atomic E-state index is -0.00283. The first-order chi connectivity index (χ1) is 11.1. The smallest absolute Gasteiger partial charge is 0.257 e. The molecule has 3 heterocycles. The standard InChI is InChI=1S/C16H18N6O/c1-12-10-21(15-9-18-4-3-13(15)7-17)5-6-22(12)16(23)14-8-19-20(2)11-14/h3-4,8-9,11-12H,5-6,10H2,1-2H3. The van der Waals surface area contributed by atoms with Crippen LogP contribution in [0.1, 0.15) is 22.8 Å². The summed E-state index contributed by atoms with van der Waals surface area (Å²) in [5, 5.41) is 13.3. The molecule has 7 heteroatoms. The molecule has 1 aliphatic heterocycles. The summed E-state index contributed by atoms with van der Waals surface area (Å²) in [5.74, 6) is -0.00283. The molecule has 3 rings (SSSR count). The van der Waals surface area contributed by atoms with Crippen LogP contribution in [0.25, 0.3) is 0 Å². The molecule has 0 N–H and O–H groups in total. The molecule has 1 unspecified atom stereocenters. The third kappa shape index (κ3) is 2.88. The first kappa shape index (κ1) is 15.0. The second-order valence-corrected chi connectivity index (χ2v) is 5.70. The van der Waals surface area contributed by atoms with Crippen molar-refractivity contribution in [1.29, 1.82) is 5.26 Å². The molecule has 0 aromatic carbocycles. The first-order valence-electron chi connectivity index (χ1n) is 7.49. The Morgan fingerprint density at radius 2 is 2.22 bits per heavy atom. The molecular weight excluding hydrogens is 292 g/mol. The van der Waals surface area contributed by atoms with E-state index >= 15 is 0 Å². The summed E-state index contributed by atoms with van der Waals surface area (Å²) in [4.78, 5) is 20.7.